The summed E-state index contributed by atoms with van der Waals surface area (Å²) >= 11 is 0. The first-order valence-electron chi connectivity index (χ1n) is 7.26. The zero-order valence-electron chi connectivity index (χ0n) is 12.0. The van der Waals surface area contributed by atoms with Crippen LogP contribution in [0, 0.1) is 5.92 Å². The Bertz CT molecular complexity index is 540. The van der Waals surface area contributed by atoms with E-state index in [1.807, 2.05) is 12.1 Å². The van der Waals surface area contributed by atoms with Crippen molar-refractivity contribution in [2.45, 2.75) is 31.1 Å². The lowest BCUT2D eigenvalue weighted by Crippen LogP contribution is -2.36. The Labute approximate surface area is 121 Å². The molecule has 112 valence electrons. The first kappa shape index (κ1) is 15.3. The van der Waals surface area contributed by atoms with Crippen molar-refractivity contribution in [2.75, 3.05) is 30.3 Å². The summed E-state index contributed by atoms with van der Waals surface area (Å²) in [4.78, 5) is 2.60. The van der Waals surface area contributed by atoms with E-state index in [2.05, 4.69) is 4.90 Å². The Kier molecular flexibility index (Phi) is 5.05. The molecule has 1 heterocycles. The number of para-hydroxylation sites is 1. The van der Waals surface area contributed by atoms with Crippen LogP contribution in [0.25, 0.3) is 0 Å². The molecule has 0 spiro atoms. The van der Waals surface area contributed by atoms with Crippen LogP contribution in [0.2, 0.25) is 0 Å². The van der Waals surface area contributed by atoms with Crippen LogP contribution in [0.5, 0.6) is 0 Å². The summed E-state index contributed by atoms with van der Waals surface area (Å²) in [7, 11) is -3.20. The molecule has 1 N–H and O–H groups in total. The molecule has 1 atom stereocenters. The number of benzene rings is 1. The molecule has 1 aromatic carbocycles. The van der Waals surface area contributed by atoms with Crippen LogP contribution in [-0.2, 0) is 9.84 Å². The van der Waals surface area contributed by atoms with E-state index in [9.17, 15) is 8.42 Å². The summed E-state index contributed by atoms with van der Waals surface area (Å²) in [5.41, 5.74) is 0.817. The summed E-state index contributed by atoms with van der Waals surface area (Å²) in [6, 6.07) is 7.26. The van der Waals surface area contributed by atoms with Crippen molar-refractivity contribution in [2.24, 2.45) is 5.92 Å². The maximum Gasteiger partial charge on any atom is 0.180 e. The minimum absolute atomic E-state index is 0.123. The van der Waals surface area contributed by atoms with Crippen LogP contribution >= 0.6 is 0 Å². The third-order valence-electron chi connectivity index (χ3n) is 3.98. The van der Waals surface area contributed by atoms with E-state index in [0.29, 0.717) is 10.8 Å². The Balaban J connectivity index is 2.29. The third kappa shape index (κ3) is 3.33. The number of anilines is 1. The zero-order chi connectivity index (χ0) is 14.6. The molecule has 1 fully saturated rings. The highest BCUT2D eigenvalue weighted by atomic mass is 32.2. The molecule has 2 rings (SSSR count). The van der Waals surface area contributed by atoms with Gasteiger partial charge in [0.2, 0.25) is 0 Å². The van der Waals surface area contributed by atoms with Gasteiger partial charge in [0, 0.05) is 19.7 Å². The number of nitrogens with zero attached hydrogens (tertiary/aromatic N) is 1. The minimum atomic E-state index is -3.20. The smallest absolute Gasteiger partial charge is 0.180 e. The molecule has 4 nitrogen and oxygen atoms in total. The maximum absolute atomic E-state index is 12.2. The van der Waals surface area contributed by atoms with Crippen molar-refractivity contribution in [1.29, 1.82) is 0 Å². The van der Waals surface area contributed by atoms with Crippen LogP contribution in [0.4, 0.5) is 5.69 Å². The number of aliphatic hydroxyl groups is 1. The second kappa shape index (κ2) is 6.59. The van der Waals surface area contributed by atoms with Gasteiger partial charge in [0.1, 0.15) is 0 Å². The van der Waals surface area contributed by atoms with Gasteiger partial charge in [-0.3, -0.25) is 0 Å². The first-order chi connectivity index (χ1) is 9.58. The molecule has 0 amide bonds. The summed E-state index contributed by atoms with van der Waals surface area (Å²) in [6.45, 7) is 3.60. The number of sulfone groups is 1. The molecule has 0 saturated carbocycles. The topological polar surface area (TPSA) is 57.6 Å². The van der Waals surface area contributed by atoms with Crippen molar-refractivity contribution in [3.8, 4) is 0 Å². The Morgan fingerprint density at radius 3 is 2.80 bits per heavy atom. The molecule has 1 aliphatic heterocycles. The van der Waals surface area contributed by atoms with E-state index >= 15 is 0 Å². The van der Waals surface area contributed by atoms with Gasteiger partial charge in [-0.05, 0) is 37.3 Å². The van der Waals surface area contributed by atoms with Crippen LogP contribution in [0.15, 0.2) is 29.2 Å². The molecule has 1 aliphatic rings. The number of hydrogen-bond donors (Lipinski definition) is 1. The van der Waals surface area contributed by atoms with Crippen molar-refractivity contribution >= 4 is 15.5 Å². The summed E-state index contributed by atoms with van der Waals surface area (Å²) < 4.78 is 24.4. The van der Waals surface area contributed by atoms with E-state index < -0.39 is 9.84 Å². The molecule has 0 aromatic heterocycles. The highest BCUT2D eigenvalue weighted by molar-refractivity contribution is 7.91. The molecule has 5 heteroatoms. The van der Waals surface area contributed by atoms with Gasteiger partial charge in [-0.2, -0.15) is 0 Å². The molecule has 0 bridgehead atoms. The van der Waals surface area contributed by atoms with Gasteiger partial charge in [-0.1, -0.05) is 19.1 Å². The van der Waals surface area contributed by atoms with Gasteiger partial charge in [0.05, 0.1) is 16.3 Å². The normalized spacial score (nSPS) is 20.1. The fraction of sp³-hybridized carbons (Fsp3) is 0.600. The lowest BCUT2D eigenvalue weighted by Gasteiger charge is -2.35. The SMILES string of the molecule is CCS(=O)(=O)c1ccccc1N1CCCC(CCO)C1. The van der Waals surface area contributed by atoms with Crippen molar-refractivity contribution in [3.05, 3.63) is 24.3 Å². The van der Waals surface area contributed by atoms with E-state index in [0.717, 1.165) is 38.0 Å². The van der Waals surface area contributed by atoms with E-state index in [4.69, 9.17) is 5.11 Å². The minimum Gasteiger partial charge on any atom is -0.396 e. The molecular weight excluding hydrogens is 274 g/mol. The maximum atomic E-state index is 12.2. The zero-order valence-corrected chi connectivity index (χ0v) is 12.8. The summed E-state index contributed by atoms with van der Waals surface area (Å²) in [6.07, 6.45) is 2.95. The molecule has 20 heavy (non-hydrogen) atoms. The van der Waals surface area contributed by atoms with E-state index in [-0.39, 0.29) is 12.4 Å². The van der Waals surface area contributed by atoms with E-state index in [1.54, 1.807) is 19.1 Å². The van der Waals surface area contributed by atoms with Crippen molar-refractivity contribution in [3.63, 3.8) is 0 Å². The quantitative estimate of drug-likeness (QED) is 0.904. The Morgan fingerprint density at radius 2 is 2.10 bits per heavy atom. The van der Waals surface area contributed by atoms with Crippen LogP contribution < -0.4 is 4.90 Å². The molecule has 1 saturated heterocycles. The Hall–Kier alpha value is -1.07. The van der Waals surface area contributed by atoms with Crippen LogP contribution in [0.3, 0.4) is 0 Å². The average Bonchev–Trinajstić information content (AvgIpc) is 2.48. The number of rotatable bonds is 5. The Morgan fingerprint density at radius 1 is 1.35 bits per heavy atom. The van der Waals surface area contributed by atoms with Crippen LogP contribution in [0.1, 0.15) is 26.2 Å². The second-order valence-corrected chi connectivity index (χ2v) is 7.58. The highest BCUT2D eigenvalue weighted by Crippen LogP contribution is 2.30. The van der Waals surface area contributed by atoms with Gasteiger partial charge in [-0.25, -0.2) is 8.42 Å². The molecular formula is C15H23NO3S. The number of piperidine rings is 1. The molecule has 0 radical (unpaired) electrons. The standard InChI is InChI=1S/C15H23NO3S/c1-2-20(18,19)15-8-4-3-7-14(15)16-10-5-6-13(12-16)9-11-17/h3-4,7-8,13,17H,2,5-6,9-12H2,1H3. The molecule has 1 aromatic rings. The first-order valence-corrected chi connectivity index (χ1v) is 8.91. The van der Waals surface area contributed by atoms with Crippen molar-refractivity contribution in [1.82, 2.24) is 0 Å². The summed E-state index contributed by atoms with van der Waals surface area (Å²) in [5, 5.41) is 9.08. The predicted molar refractivity (Wildman–Crippen MR) is 80.8 cm³/mol. The number of hydrogen-bond acceptors (Lipinski definition) is 4. The molecule has 1 unspecified atom stereocenters. The fourth-order valence-corrected chi connectivity index (χ4v) is 3.95. The average molecular weight is 297 g/mol. The van der Waals surface area contributed by atoms with Gasteiger partial charge in [0.25, 0.3) is 0 Å². The lowest BCUT2D eigenvalue weighted by molar-refractivity contribution is 0.244. The highest BCUT2D eigenvalue weighted by Gasteiger charge is 2.24. The predicted octanol–water partition coefficient (Wildman–Crippen LogP) is 2.08. The fourth-order valence-electron chi connectivity index (χ4n) is 2.84. The monoisotopic (exact) mass is 297 g/mol. The molecule has 0 aliphatic carbocycles. The lowest BCUT2D eigenvalue weighted by atomic mass is 9.95. The summed E-state index contributed by atoms with van der Waals surface area (Å²) in [5.74, 6) is 0.573. The third-order valence-corrected chi connectivity index (χ3v) is 5.75. The van der Waals surface area contributed by atoms with Gasteiger partial charge in [-0.15, -0.1) is 0 Å². The largest absolute Gasteiger partial charge is 0.396 e. The van der Waals surface area contributed by atoms with Gasteiger partial charge >= 0.3 is 0 Å². The van der Waals surface area contributed by atoms with Crippen LogP contribution in [-0.4, -0.2) is 39.0 Å². The second-order valence-electron chi connectivity index (χ2n) is 5.34. The van der Waals surface area contributed by atoms with Gasteiger partial charge < -0.3 is 10.0 Å². The number of aliphatic hydroxyl groups excluding tert-OH is 1. The van der Waals surface area contributed by atoms with E-state index in [1.165, 1.54) is 0 Å². The van der Waals surface area contributed by atoms with Crippen molar-refractivity contribution < 1.29 is 13.5 Å². The van der Waals surface area contributed by atoms with Gasteiger partial charge in [0.15, 0.2) is 9.84 Å².